The Bertz CT molecular complexity index is 934. The summed E-state index contributed by atoms with van der Waals surface area (Å²) >= 11 is 0. The van der Waals surface area contributed by atoms with Crippen molar-refractivity contribution in [3.05, 3.63) is 83.2 Å². The van der Waals surface area contributed by atoms with Crippen molar-refractivity contribution in [2.24, 2.45) is 0 Å². The van der Waals surface area contributed by atoms with Gasteiger partial charge < -0.3 is 10.1 Å². The number of carbonyl (C=O) groups is 2. The summed E-state index contributed by atoms with van der Waals surface area (Å²) in [4.78, 5) is 24.4. The smallest absolute Gasteiger partial charge is 0.342 e. The van der Waals surface area contributed by atoms with Crippen LogP contribution < -0.4 is 5.32 Å². The van der Waals surface area contributed by atoms with Crippen LogP contribution in [0.25, 0.3) is 5.69 Å². The Labute approximate surface area is 157 Å². The van der Waals surface area contributed by atoms with Gasteiger partial charge in [0.1, 0.15) is 5.56 Å². The zero-order chi connectivity index (χ0) is 19.2. The summed E-state index contributed by atoms with van der Waals surface area (Å²) < 4.78 is 6.88. The molecule has 0 atom stereocenters. The molecule has 1 heterocycles. The first-order chi connectivity index (χ1) is 13.1. The summed E-state index contributed by atoms with van der Waals surface area (Å²) in [6.07, 6.45) is 0. The summed E-state index contributed by atoms with van der Waals surface area (Å²) in [7, 11) is 0. The molecule has 27 heavy (non-hydrogen) atoms. The number of aryl methyl sites for hydroxylation is 1. The van der Waals surface area contributed by atoms with Crippen molar-refractivity contribution in [2.75, 3.05) is 6.61 Å². The Balaban J connectivity index is 1.61. The molecule has 0 saturated heterocycles. The second kappa shape index (κ2) is 8.31. The van der Waals surface area contributed by atoms with Crippen molar-refractivity contribution >= 4 is 11.9 Å². The molecule has 0 aliphatic carbocycles. The number of nitrogens with zero attached hydrogens (tertiary/aromatic N) is 2. The minimum Gasteiger partial charge on any atom is -0.452 e. The molecule has 6 heteroatoms. The Morgan fingerprint density at radius 1 is 1.00 bits per heavy atom. The van der Waals surface area contributed by atoms with E-state index in [9.17, 15) is 9.59 Å². The summed E-state index contributed by atoms with van der Waals surface area (Å²) in [6, 6.07) is 19.1. The van der Waals surface area contributed by atoms with Crippen LogP contribution in [0.3, 0.4) is 0 Å². The van der Waals surface area contributed by atoms with Crippen molar-refractivity contribution in [1.29, 1.82) is 0 Å². The lowest BCUT2D eigenvalue weighted by Gasteiger charge is -2.07. The van der Waals surface area contributed by atoms with E-state index in [1.54, 1.807) is 18.5 Å². The molecule has 3 rings (SSSR count). The molecule has 0 spiro atoms. The minimum absolute atomic E-state index is 0.332. The highest BCUT2D eigenvalue weighted by Crippen LogP contribution is 2.18. The lowest BCUT2D eigenvalue weighted by atomic mass is 10.2. The summed E-state index contributed by atoms with van der Waals surface area (Å²) in [6.45, 7) is 3.61. The van der Waals surface area contributed by atoms with Crippen LogP contribution in [0.5, 0.6) is 0 Å². The van der Waals surface area contributed by atoms with E-state index in [-0.39, 0.29) is 12.5 Å². The van der Waals surface area contributed by atoms with Gasteiger partial charge >= 0.3 is 5.97 Å². The highest BCUT2D eigenvalue weighted by Gasteiger charge is 2.21. The van der Waals surface area contributed by atoms with Gasteiger partial charge in [-0.2, -0.15) is 5.10 Å². The predicted molar refractivity (Wildman–Crippen MR) is 102 cm³/mol. The summed E-state index contributed by atoms with van der Waals surface area (Å²) in [5.41, 5.74) is 3.46. The molecular weight excluding hydrogens is 342 g/mol. The molecule has 2 aromatic carbocycles. The Kier molecular flexibility index (Phi) is 5.66. The Hall–Kier alpha value is -3.41. The van der Waals surface area contributed by atoms with Gasteiger partial charge in [-0.25, -0.2) is 9.48 Å². The molecule has 1 aromatic heterocycles. The number of ether oxygens (including phenoxy) is 1. The van der Waals surface area contributed by atoms with Crippen LogP contribution in [0.15, 0.2) is 60.7 Å². The van der Waals surface area contributed by atoms with Crippen LogP contribution in [0.4, 0.5) is 0 Å². The first-order valence-corrected chi connectivity index (χ1v) is 8.65. The third-order valence-electron chi connectivity index (χ3n) is 4.16. The largest absolute Gasteiger partial charge is 0.452 e. The van der Waals surface area contributed by atoms with E-state index in [2.05, 4.69) is 10.4 Å². The third kappa shape index (κ3) is 4.41. The van der Waals surface area contributed by atoms with E-state index in [1.165, 1.54) is 0 Å². The van der Waals surface area contributed by atoms with Crippen LogP contribution in [-0.2, 0) is 16.1 Å². The molecule has 0 aliphatic rings. The van der Waals surface area contributed by atoms with Gasteiger partial charge in [-0.15, -0.1) is 0 Å². The number of carbonyl (C=O) groups excluding carboxylic acids is 2. The lowest BCUT2D eigenvalue weighted by Crippen LogP contribution is -2.28. The van der Waals surface area contributed by atoms with Crippen molar-refractivity contribution < 1.29 is 14.3 Å². The molecule has 6 nitrogen and oxygen atoms in total. The maximum atomic E-state index is 12.5. The quantitative estimate of drug-likeness (QED) is 0.684. The van der Waals surface area contributed by atoms with Gasteiger partial charge in [-0.1, -0.05) is 48.5 Å². The molecule has 0 fully saturated rings. The Morgan fingerprint density at radius 3 is 2.30 bits per heavy atom. The zero-order valence-electron chi connectivity index (χ0n) is 15.3. The highest BCUT2D eigenvalue weighted by atomic mass is 16.5. The number of hydrogen-bond acceptors (Lipinski definition) is 4. The monoisotopic (exact) mass is 363 g/mol. The van der Waals surface area contributed by atoms with Crippen LogP contribution in [-0.4, -0.2) is 28.3 Å². The number of para-hydroxylation sites is 1. The fraction of sp³-hybridized carbons (Fsp3) is 0.190. The number of rotatable bonds is 6. The molecule has 0 saturated carbocycles. The van der Waals surface area contributed by atoms with Gasteiger partial charge in [0.2, 0.25) is 0 Å². The van der Waals surface area contributed by atoms with Gasteiger partial charge in [-0.3, -0.25) is 4.79 Å². The van der Waals surface area contributed by atoms with E-state index < -0.39 is 5.97 Å². The molecular formula is C21H21N3O3. The van der Waals surface area contributed by atoms with E-state index in [0.29, 0.717) is 23.5 Å². The van der Waals surface area contributed by atoms with E-state index in [4.69, 9.17) is 4.74 Å². The van der Waals surface area contributed by atoms with Crippen LogP contribution in [0, 0.1) is 13.8 Å². The van der Waals surface area contributed by atoms with E-state index in [0.717, 1.165) is 11.3 Å². The van der Waals surface area contributed by atoms with Crippen molar-refractivity contribution in [1.82, 2.24) is 15.1 Å². The van der Waals surface area contributed by atoms with Crippen molar-refractivity contribution in [2.45, 2.75) is 20.4 Å². The van der Waals surface area contributed by atoms with Gasteiger partial charge in [-0.05, 0) is 31.5 Å². The maximum Gasteiger partial charge on any atom is 0.342 e. The van der Waals surface area contributed by atoms with Crippen LogP contribution in [0.1, 0.15) is 27.3 Å². The van der Waals surface area contributed by atoms with Crippen LogP contribution >= 0.6 is 0 Å². The highest BCUT2D eigenvalue weighted by molar-refractivity contribution is 5.93. The van der Waals surface area contributed by atoms with E-state index >= 15 is 0 Å². The molecule has 1 N–H and O–H groups in total. The molecule has 1 amide bonds. The maximum absolute atomic E-state index is 12.5. The van der Waals surface area contributed by atoms with Gasteiger partial charge in [0.25, 0.3) is 5.91 Å². The normalized spacial score (nSPS) is 10.4. The average Bonchev–Trinajstić information content (AvgIpc) is 3.00. The van der Waals surface area contributed by atoms with Gasteiger partial charge in [0, 0.05) is 6.54 Å². The summed E-state index contributed by atoms with van der Waals surface area (Å²) in [5, 5.41) is 7.15. The summed E-state index contributed by atoms with van der Waals surface area (Å²) in [5.74, 6) is -0.903. The number of aromatic nitrogens is 2. The molecule has 0 radical (unpaired) electrons. The van der Waals surface area contributed by atoms with Crippen molar-refractivity contribution in [3.8, 4) is 5.69 Å². The standard InChI is InChI=1S/C21H21N3O3/c1-15-20(16(2)24(23-15)18-11-7-4-8-12-18)21(26)27-14-19(25)22-13-17-9-5-3-6-10-17/h3-12H,13-14H2,1-2H3,(H,22,25). The predicted octanol–water partition coefficient (Wildman–Crippen LogP) is 2.96. The molecule has 3 aromatic rings. The van der Waals surface area contributed by atoms with E-state index in [1.807, 2.05) is 60.7 Å². The second-order valence-electron chi connectivity index (χ2n) is 6.13. The number of nitrogens with one attached hydrogen (secondary N) is 1. The number of hydrogen-bond donors (Lipinski definition) is 1. The number of amides is 1. The lowest BCUT2D eigenvalue weighted by molar-refractivity contribution is -0.124. The SMILES string of the molecule is Cc1nn(-c2ccccc2)c(C)c1C(=O)OCC(=O)NCc1ccccc1. The fourth-order valence-corrected chi connectivity index (χ4v) is 2.81. The second-order valence-corrected chi connectivity index (χ2v) is 6.13. The minimum atomic E-state index is -0.554. The molecule has 138 valence electrons. The first-order valence-electron chi connectivity index (χ1n) is 8.65. The zero-order valence-corrected chi connectivity index (χ0v) is 15.3. The topological polar surface area (TPSA) is 73.2 Å². The fourth-order valence-electron chi connectivity index (χ4n) is 2.81. The average molecular weight is 363 g/mol. The number of esters is 1. The van der Waals surface area contributed by atoms with Gasteiger partial charge in [0.15, 0.2) is 6.61 Å². The Morgan fingerprint density at radius 2 is 1.63 bits per heavy atom. The van der Waals surface area contributed by atoms with Gasteiger partial charge in [0.05, 0.1) is 17.1 Å². The van der Waals surface area contributed by atoms with Crippen LogP contribution in [0.2, 0.25) is 0 Å². The molecule has 0 bridgehead atoms. The van der Waals surface area contributed by atoms with Crippen molar-refractivity contribution in [3.63, 3.8) is 0 Å². The molecule has 0 aliphatic heterocycles. The number of benzene rings is 2. The first kappa shape index (κ1) is 18.4. The third-order valence-corrected chi connectivity index (χ3v) is 4.16. The molecule has 0 unspecified atom stereocenters.